The van der Waals surface area contributed by atoms with Gasteiger partial charge in [-0.2, -0.15) is 0 Å². The molecule has 1 aromatic heterocycles. The third-order valence-electron chi connectivity index (χ3n) is 4.21. The van der Waals surface area contributed by atoms with E-state index in [9.17, 15) is 5.11 Å². The number of thiazole rings is 1. The molecule has 106 valence electrons. The van der Waals surface area contributed by atoms with Crippen molar-refractivity contribution in [2.45, 2.75) is 44.8 Å². The SMILES string of the molecule is CC1CN(C)CCCN1c1nc2c(s1)CCCC2O. The summed E-state index contributed by atoms with van der Waals surface area (Å²) in [6.07, 6.45) is 3.90. The summed E-state index contributed by atoms with van der Waals surface area (Å²) in [6, 6.07) is 0.497. The van der Waals surface area contributed by atoms with Crippen LogP contribution in [0.3, 0.4) is 0 Å². The van der Waals surface area contributed by atoms with E-state index in [1.165, 1.54) is 11.3 Å². The van der Waals surface area contributed by atoms with Crippen molar-refractivity contribution in [2.75, 3.05) is 31.6 Å². The van der Waals surface area contributed by atoms with E-state index in [4.69, 9.17) is 4.98 Å². The van der Waals surface area contributed by atoms with Crippen LogP contribution in [0.2, 0.25) is 0 Å². The molecule has 5 heteroatoms. The highest BCUT2D eigenvalue weighted by molar-refractivity contribution is 7.15. The Kier molecular flexibility index (Phi) is 3.78. The van der Waals surface area contributed by atoms with Gasteiger partial charge in [0.25, 0.3) is 0 Å². The van der Waals surface area contributed by atoms with Crippen LogP contribution in [-0.4, -0.2) is 47.7 Å². The van der Waals surface area contributed by atoms with Crippen LogP contribution in [0.15, 0.2) is 0 Å². The lowest BCUT2D eigenvalue weighted by Gasteiger charge is -2.27. The lowest BCUT2D eigenvalue weighted by Crippen LogP contribution is -2.37. The molecule has 1 N–H and O–H groups in total. The van der Waals surface area contributed by atoms with Gasteiger partial charge in [0.1, 0.15) is 0 Å². The second kappa shape index (κ2) is 5.38. The Labute approximate surface area is 119 Å². The number of likely N-dealkylation sites (N-methyl/N-ethyl adjacent to an activating group) is 1. The number of hydrogen-bond acceptors (Lipinski definition) is 5. The van der Waals surface area contributed by atoms with Crippen LogP contribution in [-0.2, 0) is 6.42 Å². The molecule has 2 aliphatic rings. The number of aliphatic hydroxyl groups is 1. The Morgan fingerprint density at radius 3 is 2.95 bits per heavy atom. The van der Waals surface area contributed by atoms with Crippen LogP contribution >= 0.6 is 11.3 Å². The van der Waals surface area contributed by atoms with Crippen molar-refractivity contribution in [3.63, 3.8) is 0 Å². The highest BCUT2D eigenvalue weighted by atomic mass is 32.1. The molecule has 2 heterocycles. The number of fused-ring (bicyclic) bond motifs is 1. The predicted octanol–water partition coefficient (Wildman–Crippen LogP) is 2.04. The summed E-state index contributed by atoms with van der Waals surface area (Å²) in [5.74, 6) is 0. The number of nitrogens with zero attached hydrogens (tertiary/aromatic N) is 3. The maximum Gasteiger partial charge on any atom is 0.186 e. The van der Waals surface area contributed by atoms with E-state index in [0.717, 1.165) is 49.7 Å². The summed E-state index contributed by atoms with van der Waals surface area (Å²) in [5.41, 5.74) is 0.955. The third kappa shape index (κ3) is 2.64. The maximum absolute atomic E-state index is 10.1. The molecule has 0 aromatic carbocycles. The maximum atomic E-state index is 10.1. The number of rotatable bonds is 1. The highest BCUT2D eigenvalue weighted by Gasteiger charge is 2.27. The standard InChI is InChI=1S/C14H23N3OS/c1-10-9-16(2)7-4-8-17(10)14-15-13-11(18)5-3-6-12(13)19-14/h10-11,18H,3-9H2,1-2H3. The van der Waals surface area contributed by atoms with Gasteiger partial charge in [-0.25, -0.2) is 4.98 Å². The normalized spacial score (nSPS) is 29.1. The molecule has 1 saturated heterocycles. The average Bonchev–Trinajstić information content (AvgIpc) is 2.72. The van der Waals surface area contributed by atoms with E-state index in [1.807, 2.05) is 0 Å². The Morgan fingerprint density at radius 2 is 2.16 bits per heavy atom. The molecule has 0 radical (unpaired) electrons. The Bertz CT molecular complexity index is 448. The van der Waals surface area contributed by atoms with Crippen LogP contribution < -0.4 is 4.90 Å². The number of aryl methyl sites for hydroxylation is 1. The summed E-state index contributed by atoms with van der Waals surface area (Å²) in [4.78, 5) is 10.9. The van der Waals surface area contributed by atoms with Crippen molar-refractivity contribution in [1.82, 2.24) is 9.88 Å². The Balaban J connectivity index is 1.85. The van der Waals surface area contributed by atoms with Crippen molar-refractivity contribution >= 4 is 16.5 Å². The molecule has 1 aliphatic heterocycles. The molecule has 0 bridgehead atoms. The molecule has 4 nitrogen and oxygen atoms in total. The molecule has 2 atom stereocenters. The zero-order chi connectivity index (χ0) is 13.4. The first kappa shape index (κ1) is 13.3. The summed E-state index contributed by atoms with van der Waals surface area (Å²) < 4.78 is 0. The van der Waals surface area contributed by atoms with Crippen LogP contribution in [0.25, 0.3) is 0 Å². The highest BCUT2D eigenvalue weighted by Crippen LogP contribution is 2.37. The number of anilines is 1. The van der Waals surface area contributed by atoms with Gasteiger partial charge in [-0.3, -0.25) is 0 Å². The van der Waals surface area contributed by atoms with Gasteiger partial charge in [-0.15, -0.1) is 11.3 Å². The zero-order valence-electron chi connectivity index (χ0n) is 11.8. The van der Waals surface area contributed by atoms with Gasteiger partial charge >= 0.3 is 0 Å². The molecule has 3 rings (SSSR count). The molecule has 19 heavy (non-hydrogen) atoms. The second-order valence-electron chi connectivity index (χ2n) is 5.87. The minimum absolute atomic E-state index is 0.335. The van der Waals surface area contributed by atoms with Crippen molar-refractivity contribution in [2.24, 2.45) is 0 Å². The first-order chi connectivity index (χ1) is 9.15. The van der Waals surface area contributed by atoms with E-state index in [0.29, 0.717) is 6.04 Å². The fraction of sp³-hybridized carbons (Fsp3) is 0.786. The number of hydrogen-bond donors (Lipinski definition) is 1. The second-order valence-corrected chi connectivity index (χ2v) is 6.93. The van der Waals surface area contributed by atoms with E-state index in [1.54, 1.807) is 11.3 Å². The topological polar surface area (TPSA) is 39.6 Å². The smallest absolute Gasteiger partial charge is 0.186 e. The fourth-order valence-electron chi connectivity index (χ4n) is 3.16. The first-order valence-corrected chi connectivity index (χ1v) is 8.09. The van der Waals surface area contributed by atoms with Crippen LogP contribution in [0.1, 0.15) is 42.9 Å². The molecule has 0 amide bonds. The summed E-state index contributed by atoms with van der Waals surface area (Å²) in [7, 11) is 2.19. The van der Waals surface area contributed by atoms with Crippen molar-refractivity contribution in [3.05, 3.63) is 10.6 Å². The van der Waals surface area contributed by atoms with Gasteiger partial charge in [0, 0.05) is 24.0 Å². The fourth-order valence-corrected chi connectivity index (χ4v) is 4.45. The van der Waals surface area contributed by atoms with Gasteiger partial charge in [0.05, 0.1) is 11.8 Å². The minimum atomic E-state index is -0.335. The summed E-state index contributed by atoms with van der Waals surface area (Å²) >= 11 is 1.80. The van der Waals surface area contributed by atoms with E-state index in [2.05, 4.69) is 23.8 Å². The minimum Gasteiger partial charge on any atom is -0.387 e. The Hall–Kier alpha value is -0.650. The summed E-state index contributed by atoms with van der Waals surface area (Å²) in [5, 5.41) is 11.2. The molecule has 1 fully saturated rings. The van der Waals surface area contributed by atoms with Crippen molar-refractivity contribution in [3.8, 4) is 0 Å². The third-order valence-corrected chi connectivity index (χ3v) is 5.37. The number of aromatic nitrogens is 1. The molecular weight excluding hydrogens is 258 g/mol. The summed E-state index contributed by atoms with van der Waals surface area (Å²) in [6.45, 7) is 5.61. The van der Waals surface area contributed by atoms with Crippen LogP contribution in [0, 0.1) is 0 Å². The van der Waals surface area contributed by atoms with Crippen LogP contribution in [0.4, 0.5) is 5.13 Å². The quantitative estimate of drug-likeness (QED) is 0.855. The largest absolute Gasteiger partial charge is 0.387 e. The van der Waals surface area contributed by atoms with E-state index >= 15 is 0 Å². The van der Waals surface area contributed by atoms with E-state index < -0.39 is 0 Å². The van der Waals surface area contributed by atoms with E-state index in [-0.39, 0.29) is 6.10 Å². The van der Waals surface area contributed by atoms with Gasteiger partial charge in [-0.1, -0.05) is 0 Å². The molecule has 0 saturated carbocycles. The van der Waals surface area contributed by atoms with Gasteiger partial charge in [-0.05, 0) is 46.2 Å². The lowest BCUT2D eigenvalue weighted by molar-refractivity contribution is 0.153. The zero-order valence-corrected chi connectivity index (χ0v) is 12.6. The van der Waals surface area contributed by atoms with Gasteiger partial charge in [0.15, 0.2) is 5.13 Å². The molecule has 1 aliphatic carbocycles. The molecular formula is C14H23N3OS. The van der Waals surface area contributed by atoms with Crippen molar-refractivity contribution < 1.29 is 5.11 Å². The van der Waals surface area contributed by atoms with Crippen molar-refractivity contribution in [1.29, 1.82) is 0 Å². The molecule has 1 aromatic rings. The lowest BCUT2D eigenvalue weighted by atomic mass is 10.0. The predicted molar refractivity (Wildman–Crippen MR) is 78.9 cm³/mol. The Morgan fingerprint density at radius 1 is 1.32 bits per heavy atom. The number of aliphatic hydroxyl groups excluding tert-OH is 1. The monoisotopic (exact) mass is 281 g/mol. The average molecular weight is 281 g/mol. The van der Waals surface area contributed by atoms with Gasteiger partial charge in [0.2, 0.25) is 0 Å². The van der Waals surface area contributed by atoms with Crippen LogP contribution in [0.5, 0.6) is 0 Å². The first-order valence-electron chi connectivity index (χ1n) is 7.28. The molecule has 2 unspecified atom stereocenters. The van der Waals surface area contributed by atoms with Gasteiger partial charge < -0.3 is 14.9 Å². The molecule has 0 spiro atoms.